The van der Waals surface area contributed by atoms with Crippen molar-refractivity contribution in [1.29, 1.82) is 0 Å². The van der Waals surface area contributed by atoms with Gasteiger partial charge in [-0.2, -0.15) is 4.68 Å². The highest BCUT2D eigenvalue weighted by Gasteiger charge is 2.13. The number of carbonyl (C=O) groups is 2. The summed E-state index contributed by atoms with van der Waals surface area (Å²) in [5, 5.41) is 15.0. The van der Waals surface area contributed by atoms with Crippen LogP contribution in [0.3, 0.4) is 0 Å². The van der Waals surface area contributed by atoms with E-state index in [-0.39, 0.29) is 24.1 Å². The van der Waals surface area contributed by atoms with E-state index < -0.39 is 0 Å². The summed E-state index contributed by atoms with van der Waals surface area (Å²) >= 11 is 1.26. The Kier molecular flexibility index (Phi) is 6.93. The number of nitrogens with one attached hydrogen (secondary N) is 1. The first-order valence-corrected chi connectivity index (χ1v) is 8.82. The molecule has 25 heavy (non-hydrogen) atoms. The zero-order valence-corrected chi connectivity index (χ0v) is 15.3. The molecule has 0 aliphatic carbocycles. The summed E-state index contributed by atoms with van der Waals surface area (Å²) in [7, 11) is 1.34. The summed E-state index contributed by atoms with van der Waals surface area (Å²) in [5.41, 5.74) is 3.10. The average Bonchev–Trinajstić information content (AvgIpc) is 3.05. The Hall–Kier alpha value is -2.42. The van der Waals surface area contributed by atoms with Crippen LogP contribution in [0.4, 0.5) is 0 Å². The maximum Gasteiger partial charge on any atom is 0.305 e. The van der Waals surface area contributed by atoms with Gasteiger partial charge in [0, 0.05) is 13.0 Å². The van der Waals surface area contributed by atoms with Crippen molar-refractivity contribution in [3.05, 3.63) is 29.3 Å². The zero-order valence-electron chi connectivity index (χ0n) is 14.5. The summed E-state index contributed by atoms with van der Waals surface area (Å²) in [4.78, 5) is 22.9. The number of nitrogens with zero attached hydrogens (tertiary/aromatic N) is 4. The lowest BCUT2D eigenvalue weighted by molar-refractivity contribution is -0.140. The van der Waals surface area contributed by atoms with Crippen molar-refractivity contribution in [3.63, 3.8) is 0 Å². The predicted molar refractivity (Wildman–Crippen MR) is 93.6 cm³/mol. The molecule has 1 amide bonds. The second-order valence-corrected chi connectivity index (χ2v) is 6.42. The number of aromatic nitrogens is 4. The van der Waals surface area contributed by atoms with Crippen molar-refractivity contribution in [3.8, 4) is 5.69 Å². The molecule has 0 fully saturated rings. The van der Waals surface area contributed by atoms with E-state index in [1.54, 1.807) is 4.68 Å². The number of benzene rings is 1. The van der Waals surface area contributed by atoms with Crippen LogP contribution in [0.2, 0.25) is 0 Å². The van der Waals surface area contributed by atoms with E-state index in [9.17, 15) is 9.59 Å². The van der Waals surface area contributed by atoms with Crippen molar-refractivity contribution in [1.82, 2.24) is 25.5 Å². The molecule has 0 radical (unpaired) electrons. The Balaban J connectivity index is 1.87. The second kappa shape index (κ2) is 9.16. The fourth-order valence-corrected chi connectivity index (χ4v) is 2.92. The van der Waals surface area contributed by atoms with Crippen LogP contribution in [0.15, 0.2) is 23.4 Å². The van der Waals surface area contributed by atoms with Gasteiger partial charge in [-0.25, -0.2) is 0 Å². The maximum absolute atomic E-state index is 11.9. The van der Waals surface area contributed by atoms with Crippen molar-refractivity contribution >= 4 is 23.6 Å². The maximum atomic E-state index is 11.9. The molecule has 9 heteroatoms. The molecule has 0 saturated carbocycles. The number of esters is 1. The first-order chi connectivity index (χ1) is 12.0. The summed E-state index contributed by atoms with van der Waals surface area (Å²) < 4.78 is 6.17. The molecule has 134 valence electrons. The van der Waals surface area contributed by atoms with Crippen molar-refractivity contribution in [2.24, 2.45) is 0 Å². The Morgan fingerprint density at radius 1 is 1.32 bits per heavy atom. The molecule has 8 nitrogen and oxygen atoms in total. The number of rotatable bonds is 8. The van der Waals surface area contributed by atoms with Crippen LogP contribution in [0.25, 0.3) is 5.69 Å². The van der Waals surface area contributed by atoms with Crippen LogP contribution in [0.5, 0.6) is 0 Å². The molecule has 0 aliphatic heterocycles. The third-order valence-corrected chi connectivity index (χ3v) is 4.38. The standard InChI is InChI=1S/C16H21N5O3S/c1-11-6-7-13(12(2)9-11)21-16(18-19-20-21)25-10-14(22)17-8-4-5-15(23)24-3/h6-7,9H,4-5,8,10H2,1-3H3,(H,17,22). The van der Waals surface area contributed by atoms with E-state index in [0.717, 1.165) is 16.8 Å². The van der Waals surface area contributed by atoms with Gasteiger partial charge in [0.05, 0.1) is 18.6 Å². The number of hydrogen-bond acceptors (Lipinski definition) is 7. The minimum Gasteiger partial charge on any atom is -0.469 e. The highest BCUT2D eigenvalue weighted by Crippen LogP contribution is 2.21. The molecule has 1 aromatic carbocycles. The SMILES string of the molecule is COC(=O)CCCNC(=O)CSc1nnnn1-c1ccc(C)cc1C. The first kappa shape index (κ1) is 18.9. The zero-order chi connectivity index (χ0) is 18.2. The molecular weight excluding hydrogens is 342 g/mol. The van der Waals surface area contributed by atoms with Gasteiger partial charge in [-0.05, 0) is 42.3 Å². The summed E-state index contributed by atoms with van der Waals surface area (Å²) in [6.45, 7) is 4.44. The molecule has 1 aromatic heterocycles. The number of thioether (sulfide) groups is 1. The van der Waals surface area contributed by atoms with E-state index in [2.05, 4.69) is 31.6 Å². The number of methoxy groups -OCH3 is 1. The smallest absolute Gasteiger partial charge is 0.305 e. The average molecular weight is 363 g/mol. The number of aryl methyl sites for hydroxylation is 2. The topological polar surface area (TPSA) is 99.0 Å². The van der Waals surface area contributed by atoms with Crippen molar-refractivity contribution in [2.45, 2.75) is 31.8 Å². The Morgan fingerprint density at radius 3 is 2.84 bits per heavy atom. The highest BCUT2D eigenvalue weighted by atomic mass is 32.2. The Bertz CT molecular complexity index is 747. The molecule has 0 unspecified atom stereocenters. The summed E-state index contributed by atoms with van der Waals surface area (Å²) in [5.74, 6) is -0.218. The summed E-state index contributed by atoms with van der Waals surface area (Å²) in [6.07, 6.45) is 0.832. The second-order valence-electron chi connectivity index (χ2n) is 5.48. The lowest BCUT2D eigenvalue weighted by Crippen LogP contribution is -2.26. The molecule has 0 bridgehead atoms. The molecular formula is C16H21N5O3S. The van der Waals surface area contributed by atoms with Gasteiger partial charge in [0.25, 0.3) is 0 Å². The molecule has 2 aromatic rings. The van der Waals surface area contributed by atoms with Gasteiger partial charge < -0.3 is 10.1 Å². The van der Waals surface area contributed by atoms with Crippen LogP contribution in [0, 0.1) is 13.8 Å². The minimum atomic E-state index is -0.281. The van der Waals surface area contributed by atoms with Gasteiger partial charge in [0.2, 0.25) is 11.1 Å². The minimum absolute atomic E-state index is 0.134. The molecule has 1 N–H and O–H groups in total. The van der Waals surface area contributed by atoms with Gasteiger partial charge in [-0.3, -0.25) is 9.59 Å². The van der Waals surface area contributed by atoms with Crippen molar-refractivity contribution < 1.29 is 14.3 Å². The molecule has 0 aliphatic rings. The lowest BCUT2D eigenvalue weighted by atomic mass is 10.1. The van der Waals surface area contributed by atoms with Crippen molar-refractivity contribution in [2.75, 3.05) is 19.4 Å². The van der Waals surface area contributed by atoms with E-state index in [4.69, 9.17) is 0 Å². The van der Waals surface area contributed by atoms with Gasteiger partial charge >= 0.3 is 5.97 Å². The number of hydrogen-bond donors (Lipinski definition) is 1. The summed E-state index contributed by atoms with van der Waals surface area (Å²) in [6, 6.07) is 6.00. The van der Waals surface area contributed by atoms with E-state index >= 15 is 0 Å². The normalized spacial score (nSPS) is 10.5. The Morgan fingerprint density at radius 2 is 2.12 bits per heavy atom. The van der Waals surface area contributed by atoms with E-state index in [1.807, 2.05) is 26.0 Å². The van der Waals surface area contributed by atoms with Crippen LogP contribution in [-0.2, 0) is 14.3 Å². The number of tetrazole rings is 1. The van der Waals surface area contributed by atoms with Gasteiger partial charge in [-0.15, -0.1) is 5.10 Å². The fourth-order valence-electron chi connectivity index (χ4n) is 2.21. The number of ether oxygens (including phenoxy) is 1. The van der Waals surface area contributed by atoms with Crippen LogP contribution in [0.1, 0.15) is 24.0 Å². The van der Waals surface area contributed by atoms with Crippen LogP contribution >= 0.6 is 11.8 Å². The predicted octanol–water partition coefficient (Wildman–Crippen LogP) is 1.44. The quantitative estimate of drug-likeness (QED) is 0.430. The van der Waals surface area contributed by atoms with Crippen LogP contribution in [-0.4, -0.2) is 51.5 Å². The third kappa shape index (κ3) is 5.56. The van der Waals surface area contributed by atoms with E-state index in [1.165, 1.54) is 18.9 Å². The third-order valence-electron chi connectivity index (χ3n) is 3.46. The van der Waals surface area contributed by atoms with Crippen LogP contribution < -0.4 is 5.32 Å². The fraction of sp³-hybridized carbons (Fsp3) is 0.438. The van der Waals surface area contributed by atoms with Gasteiger partial charge in [-0.1, -0.05) is 29.5 Å². The molecule has 2 rings (SSSR count). The van der Waals surface area contributed by atoms with Gasteiger partial charge in [0.1, 0.15) is 0 Å². The molecule has 0 saturated heterocycles. The lowest BCUT2D eigenvalue weighted by Gasteiger charge is -2.08. The molecule has 0 spiro atoms. The Labute approximate surface area is 150 Å². The molecule has 0 atom stereocenters. The van der Waals surface area contributed by atoms with Gasteiger partial charge in [0.15, 0.2) is 0 Å². The monoisotopic (exact) mass is 363 g/mol. The number of amides is 1. The van der Waals surface area contributed by atoms with E-state index in [0.29, 0.717) is 18.1 Å². The highest BCUT2D eigenvalue weighted by molar-refractivity contribution is 7.99. The largest absolute Gasteiger partial charge is 0.469 e. The first-order valence-electron chi connectivity index (χ1n) is 7.83. The molecule has 1 heterocycles. The number of carbonyl (C=O) groups excluding carboxylic acids is 2.